The van der Waals surface area contributed by atoms with Gasteiger partial charge in [0, 0.05) is 45.3 Å². The van der Waals surface area contributed by atoms with E-state index in [4.69, 9.17) is 4.74 Å². The van der Waals surface area contributed by atoms with Crippen molar-refractivity contribution in [3.8, 4) is 44.9 Å². The number of benzene rings is 10. The fourth-order valence-electron chi connectivity index (χ4n) is 9.58. The van der Waals surface area contributed by atoms with Crippen LogP contribution in [0.4, 0.5) is 34.1 Å². The number of ether oxygens (including phenoxy) is 1. The van der Waals surface area contributed by atoms with Crippen LogP contribution in [0.25, 0.3) is 54.9 Å². The van der Waals surface area contributed by atoms with Gasteiger partial charge in [0.05, 0.1) is 11.4 Å². The number of nitrogens with zero attached hydrogens (tertiary/aromatic N) is 2. The van der Waals surface area contributed by atoms with Crippen molar-refractivity contribution in [1.29, 1.82) is 0 Å². The van der Waals surface area contributed by atoms with Gasteiger partial charge >= 0.3 is 0 Å². The molecule has 0 amide bonds. The van der Waals surface area contributed by atoms with Crippen LogP contribution in [0.1, 0.15) is 16.7 Å². The molecule has 1 aliphatic heterocycles. The Hall–Kier alpha value is -7.88. The van der Waals surface area contributed by atoms with Gasteiger partial charge in [-0.15, -0.1) is 0 Å². The first-order valence-electron chi connectivity index (χ1n) is 21.3. The van der Waals surface area contributed by atoms with Crippen molar-refractivity contribution in [3.05, 3.63) is 229 Å². The van der Waals surface area contributed by atoms with Crippen LogP contribution in [0.15, 0.2) is 212 Å². The van der Waals surface area contributed by atoms with Gasteiger partial charge in [-0.05, 0) is 143 Å². The largest absolute Gasteiger partial charge is 0.456 e. The van der Waals surface area contributed by atoms with E-state index in [-0.39, 0.29) is 0 Å². The molecule has 0 saturated carbocycles. The van der Waals surface area contributed by atoms with E-state index in [0.717, 1.165) is 56.4 Å². The molecule has 296 valence electrons. The van der Waals surface area contributed by atoms with Crippen LogP contribution >= 0.6 is 0 Å². The van der Waals surface area contributed by atoms with Crippen molar-refractivity contribution in [3.63, 3.8) is 0 Å². The van der Waals surface area contributed by atoms with Crippen molar-refractivity contribution < 1.29 is 4.74 Å². The molecule has 0 aliphatic carbocycles. The Balaban J connectivity index is 0.976. The molecule has 0 bridgehead atoms. The first-order chi connectivity index (χ1) is 30.5. The Kier molecular flexibility index (Phi) is 9.17. The molecule has 10 aromatic carbocycles. The summed E-state index contributed by atoms with van der Waals surface area (Å²) in [5, 5.41) is 4.74. The number of para-hydroxylation sites is 3. The van der Waals surface area contributed by atoms with Gasteiger partial charge in [0.2, 0.25) is 0 Å². The van der Waals surface area contributed by atoms with Gasteiger partial charge in [0.1, 0.15) is 11.5 Å². The Morgan fingerprint density at radius 1 is 0.355 bits per heavy atom. The van der Waals surface area contributed by atoms with Crippen molar-refractivity contribution in [2.45, 2.75) is 20.8 Å². The van der Waals surface area contributed by atoms with E-state index in [2.05, 4.69) is 243 Å². The lowest BCUT2D eigenvalue weighted by atomic mass is 9.89. The molecule has 11 rings (SSSR count). The Bertz CT molecular complexity index is 3260. The summed E-state index contributed by atoms with van der Waals surface area (Å²) >= 11 is 0. The maximum atomic E-state index is 6.87. The molecule has 10 aromatic rings. The fourth-order valence-corrected chi connectivity index (χ4v) is 9.58. The highest BCUT2D eigenvalue weighted by Crippen LogP contribution is 2.51. The molecule has 3 nitrogen and oxygen atoms in total. The number of hydrogen-bond donors (Lipinski definition) is 0. The average molecular weight is 797 g/mol. The highest BCUT2D eigenvalue weighted by molar-refractivity contribution is 6.18. The molecule has 0 fully saturated rings. The lowest BCUT2D eigenvalue weighted by Crippen LogP contribution is -2.13. The van der Waals surface area contributed by atoms with Gasteiger partial charge in [-0.3, -0.25) is 0 Å². The minimum atomic E-state index is 0.859. The normalized spacial score (nSPS) is 11.6. The van der Waals surface area contributed by atoms with Crippen molar-refractivity contribution in [1.82, 2.24) is 0 Å². The standard InChI is InChI=1S/C59H44N2O/c1-39-34-40(2)59(41(3)35-39)61(47-20-11-6-12-21-47)49-32-33-51-54-37-45-27-26-44(36-53(45)52-23-15-25-56(58(52)54)62-57(51)38-49)42-28-30-48(31-29-42)60(46-18-9-5-10-19-46)55-24-14-13-22-50(55)43-16-7-4-8-17-43/h4-38H,1-3H3. The van der Waals surface area contributed by atoms with Gasteiger partial charge in [-0.1, -0.05) is 139 Å². The Morgan fingerprint density at radius 3 is 1.69 bits per heavy atom. The van der Waals surface area contributed by atoms with Gasteiger partial charge < -0.3 is 14.5 Å². The van der Waals surface area contributed by atoms with Gasteiger partial charge in [0.15, 0.2) is 0 Å². The molecule has 3 heteroatoms. The van der Waals surface area contributed by atoms with E-state index in [0.29, 0.717) is 0 Å². The van der Waals surface area contributed by atoms with E-state index in [1.54, 1.807) is 0 Å². The second-order valence-electron chi connectivity index (χ2n) is 16.3. The molecule has 0 spiro atoms. The second kappa shape index (κ2) is 15.3. The van der Waals surface area contributed by atoms with E-state index in [1.165, 1.54) is 60.8 Å². The summed E-state index contributed by atoms with van der Waals surface area (Å²) in [4.78, 5) is 4.72. The molecule has 62 heavy (non-hydrogen) atoms. The summed E-state index contributed by atoms with van der Waals surface area (Å²) in [7, 11) is 0. The van der Waals surface area contributed by atoms with E-state index in [9.17, 15) is 0 Å². The third-order valence-electron chi connectivity index (χ3n) is 12.2. The van der Waals surface area contributed by atoms with Crippen LogP contribution in [0.2, 0.25) is 0 Å². The molecular weight excluding hydrogens is 753 g/mol. The monoisotopic (exact) mass is 796 g/mol. The molecule has 1 aliphatic rings. The lowest BCUT2D eigenvalue weighted by Gasteiger charge is -2.30. The quantitative estimate of drug-likeness (QED) is 0.142. The van der Waals surface area contributed by atoms with Crippen LogP contribution in [-0.2, 0) is 0 Å². The number of fused-ring (bicyclic) bond motifs is 4. The number of rotatable bonds is 8. The van der Waals surface area contributed by atoms with Crippen molar-refractivity contribution in [2.24, 2.45) is 0 Å². The van der Waals surface area contributed by atoms with Crippen LogP contribution in [-0.4, -0.2) is 0 Å². The van der Waals surface area contributed by atoms with Gasteiger partial charge in [-0.25, -0.2) is 0 Å². The smallest absolute Gasteiger partial charge is 0.137 e. The van der Waals surface area contributed by atoms with Crippen LogP contribution in [0.5, 0.6) is 11.5 Å². The molecule has 1 heterocycles. The van der Waals surface area contributed by atoms with Crippen LogP contribution < -0.4 is 14.5 Å². The minimum absolute atomic E-state index is 0.859. The van der Waals surface area contributed by atoms with Crippen LogP contribution in [0.3, 0.4) is 0 Å². The molecule has 0 atom stereocenters. The van der Waals surface area contributed by atoms with Crippen molar-refractivity contribution >= 4 is 55.7 Å². The summed E-state index contributed by atoms with van der Waals surface area (Å²) < 4.78 is 6.87. The van der Waals surface area contributed by atoms with E-state index >= 15 is 0 Å². The van der Waals surface area contributed by atoms with Gasteiger partial charge in [-0.2, -0.15) is 0 Å². The summed E-state index contributed by atoms with van der Waals surface area (Å²) in [6.07, 6.45) is 0. The number of anilines is 6. The highest BCUT2D eigenvalue weighted by atomic mass is 16.5. The summed E-state index contributed by atoms with van der Waals surface area (Å²) in [5.41, 5.74) is 17.4. The predicted molar refractivity (Wildman–Crippen MR) is 261 cm³/mol. The topological polar surface area (TPSA) is 15.7 Å². The van der Waals surface area contributed by atoms with Crippen LogP contribution in [0, 0.1) is 20.8 Å². The first-order valence-corrected chi connectivity index (χ1v) is 21.3. The third-order valence-corrected chi connectivity index (χ3v) is 12.2. The second-order valence-corrected chi connectivity index (χ2v) is 16.3. The zero-order valence-corrected chi connectivity index (χ0v) is 35.0. The zero-order valence-electron chi connectivity index (χ0n) is 35.0. The summed E-state index contributed by atoms with van der Waals surface area (Å²) in [6, 6.07) is 76.4. The summed E-state index contributed by atoms with van der Waals surface area (Å²) in [6.45, 7) is 6.57. The summed E-state index contributed by atoms with van der Waals surface area (Å²) in [5.74, 6) is 1.74. The SMILES string of the molecule is Cc1cc(C)c(N(c2ccccc2)c2ccc3c(c2)Oc2cccc4c2c-3cc2ccc(-c3ccc(N(c5ccccc5)c5ccccc5-c5ccccc5)cc3)cc24)c(C)c1. The lowest BCUT2D eigenvalue weighted by molar-refractivity contribution is 0.487. The van der Waals surface area contributed by atoms with E-state index in [1.807, 2.05) is 0 Å². The fraction of sp³-hybridized carbons (Fsp3) is 0.0508. The van der Waals surface area contributed by atoms with Gasteiger partial charge in [0.25, 0.3) is 0 Å². The average Bonchev–Trinajstić information content (AvgIpc) is 3.31. The first kappa shape index (κ1) is 37.1. The molecule has 0 aromatic heterocycles. The minimum Gasteiger partial charge on any atom is -0.456 e. The molecule has 0 N–H and O–H groups in total. The molecule has 0 saturated heterocycles. The maximum Gasteiger partial charge on any atom is 0.137 e. The predicted octanol–water partition coefficient (Wildman–Crippen LogP) is 17.0. The highest BCUT2D eigenvalue weighted by Gasteiger charge is 2.25. The third kappa shape index (κ3) is 6.47. The van der Waals surface area contributed by atoms with Crippen molar-refractivity contribution in [2.75, 3.05) is 9.80 Å². The number of hydrogen-bond acceptors (Lipinski definition) is 3. The maximum absolute atomic E-state index is 6.87. The number of aryl methyl sites for hydroxylation is 3. The molecule has 0 unspecified atom stereocenters. The molecular formula is C59H44N2O. The molecule has 0 radical (unpaired) electrons. The Morgan fingerprint density at radius 2 is 0.968 bits per heavy atom. The Labute approximate surface area is 363 Å². The van der Waals surface area contributed by atoms with E-state index < -0.39 is 0 Å². The zero-order chi connectivity index (χ0) is 41.7.